The maximum Gasteiger partial charge on any atom is 0.327 e. The molecule has 1 saturated carbocycles. The minimum absolute atomic E-state index is 0.128. The number of esters is 1. The van der Waals surface area contributed by atoms with E-state index in [1.54, 1.807) is 11.8 Å². The van der Waals surface area contributed by atoms with E-state index in [4.69, 9.17) is 0 Å². The lowest BCUT2D eigenvalue weighted by Gasteiger charge is -2.27. The molecular weight excluding hydrogens is 212 g/mol. The highest BCUT2D eigenvalue weighted by Gasteiger charge is 2.31. The highest BCUT2D eigenvalue weighted by Crippen LogP contribution is 2.32. The van der Waals surface area contributed by atoms with Gasteiger partial charge in [0.25, 0.3) is 0 Å². The molecule has 2 rings (SSSR count). The fourth-order valence-electron chi connectivity index (χ4n) is 2.10. The number of rotatable bonds is 2. The topological polar surface area (TPSA) is 50.7 Å². The van der Waals surface area contributed by atoms with Gasteiger partial charge in [0.1, 0.15) is 6.54 Å². The first-order valence-corrected chi connectivity index (χ1v) is 6.29. The van der Waals surface area contributed by atoms with E-state index in [0.717, 1.165) is 16.8 Å². The predicted octanol–water partition coefficient (Wildman–Crippen LogP) is 1.02. The zero-order chi connectivity index (χ0) is 10.7. The standard InChI is InChI=1S/C10H16N2O2S/c1-14-9(13)5-11-10-12-8-4-2-3-7(8)6-15-10/h7-8H,2-6H2,1H3,(H,11,12). The van der Waals surface area contributed by atoms with Gasteiger partial charge in [0.15, 0.2) is 5.17 Å². The number of aliphatic imine (C=N–C) groups is 1. The van der Waals surface area contributed by atoms with Gasteiger partial charge in [-0.1, -0.05) is 18.2 Å². The van der Waals surface area contributed by atoms with Crippen LogP contribution in [0.15, 0.2) is 4.99 Å². The second-order valence-electron chi connectivity index (χ2n) is 3.95. The van der Waals surface area contributed by atoms with E-state index in [0.29, 0.717) is 6.04 Å². The summed E-state index contributed by atoms with van der Waals surface area (Å²) in [6.07, 6.45) is 3.88. The van der Waals surface area contributed by atoms with Crippen molar-refractivity contribution in [3.63, 3.8) is 0 Å². The van der Waals surface area contributed by atoms with Gasteiger partial charge in [-0.15, -0.1) is 0 Å². The van der Waals surface area contributed by atoms with Gasteiger partial charge in [-0.2, -0.15) is 0 Å². The van der Waals surface area contributed by atoms with Crippen LogP contribution in [0.4, 0.5) is 0 Å². The number of hydrogen-bond acceptors (Lipinski definition) is 4. The van der Waals surface area contributed by atoms with Crippen molar-refractivity contribution in [2.45, 2.75) is 25.3 Å². The quantitative estimate of drug-likeness (QED) is 0.717. The Kier molecular flexibility index (Phi) is 3.51. The van der Waals surface area contributed by atoms with Crippen LogP contribution in [0.25, 0.3) is 0 Å². The molecule has 2 atom stereocenters. The van der Waals surface area contributed by atoms with E-state index in [9.17, 15) is 4.79 Å². The Labute approximate surface area is 93.9 Å². The number of nitrogens with zero attached hydrogens (tertiary/aromatic N) is 1. The van der Waals surface area contributed by atoms with Crippen molar-refractivity contribution in [3.05, 3.63) is 0 Å². The third-order valence-corrected chi connectivity index (χ3v) is 4.10. The minimum Gasteiger partial charge on any atom is -0.468 e. The van der Waals surface area contributed by atoms with E-state index >= 15 is 0 Å². The van der Waals surface area contributed by atoms with E-state index in [-0.39, 0.29) is 12.5 Å². The zero-order valence-electron chi connectivity index (χ0n) is 8.86. The Morgan fingerprint density at radius 1 is 1.67 bits per heavy atom. The second kappa shape index (κ2) is 4.88. The molecule has 1 heterocycles. The molecule has 1 saturated heterocycles. The number of fused-ring (bicyclic) bond motifs is 1. The minimum atomic E-state index is -0.279. The van der Waals surface area contributed by atoms with Crippen molar-refractivity contribution in [3.8, 4) is 0 Å². The Bertz CT molecular complexity index is 281. The molecular formula is C10H16N2O2S. The zero-order valence-corrected chi connectivity index (χ0v) is 9.68. The van der Waals surface area contributed by atoms with Crippen LogP contribution in [0.1, 0.15) is 19.3 Å². The maximum atomic E-state index is 10.9. The number of methoxy groups -OCH3 is 1. The molecule has 1 aliphatic carbocycles. The molecule has 5 heteroatoms. The van der Waals surface area contributed by atoms with E-state index in [1.807, 2.05) is 0 Å². The molecule has 0 aromatic heterocycles. The number of carbonyl (C=O) groups excluding carboxylic acids is 1. The van der Waals surface area contributed by atoms with Crippen molar-refractivity contribution in [2.24, 2.45) is 10.9 Å². The first-order chi connectivity index (χ1) is 7.29. The third kappa shape index (κ3) is 2.65. The Balaban J connectivity index is 1.86. The van der Waals surface area contributed by atoms with Crippen LogP contribution in [0.3, 0.4) is 0 Å². The molecule has 0 aromatic carbocycles. The van der Waals surface area contributed by atoms with Crippen molar-refractivity contribution in [1.82, 2.24) is 5.32 Å². The first-order valence-electron chi connectivity index (χ1n) is 5.30. The summed E-state index contributed by atoms with van der Waals surface area (Å²) in [5, 5.41) is 4.31. The van der Waals surface area contributed by atoms with Crippen LogP contribution in [-0.2, 0) is 9.53 Å². The molecule has 0 amide bonds. The predicted molar refractivity (Wildman–Crippen MR) is 61.0 cm³/mol. The van der Waals surface area contributed by atoms with Gasteiger partial charge < -0.3 is 10.1 Å². The largest absolute Gasteiger partial charge is 0.468 e. The molecule has 4 nitrogen and oxygen atoms in total. The lowest BCUT2D eigenvalue weighted by molar-refractivity contribution is -0.138. The van der Waals surface area contributed by atoms with Gasteiger partial charge in [-0.05, 0) is 18.8 Å². The molecule has 0 aromatic rings. The van der Waals surface area contributed by atoms with Crippen LogP contribution >= 0.6 is 11.8 Å². The molecule has 0 bridgehead atoms. The SMILES string of the molecule is COC(=O)CN=C1NC2CCCC2CS1. The van der Waals surface area contributed by atoms with Gasteiger partial charge in [0.05, 0.1) is 7.11 Å². The monoisotopic (exact) mass is 228 g/mol. The molecule has 2 aliphatic rings. The fourth-order valence-corrected chi connectivity index (χ4v) is 3.27. The Morgan fingerprint density at radius 3 is 3.33 bits per heavy atom. The molecule has 0 spiro atoms. The Morgan fingerprint density at radius 2 is 2.53 bits per heavy atom. The third-order valence-electron chi connectivity index (χ3n) is 2.98. The van der Waals surface area contributed by atoms with Gasteiger partial charge in [-0.3, -0.25) is 9.79 Å². The molecule has 15 heavy (non-hydrogen) atoms. The normalized spacial score (nSPS) is 32.2. The number of ether oxygens (including phenoxy) is 1. The van der Waals surface area contributed by atoms with Crippen molar-refractivity contribution >= 4 is 22.9 Å². The summed E-state index contributed by atoms with van der Waals surface area (Å²) in [5.41, 5.74) is 0. The van der Waals surface area contributed by atoms with E-state index < -0.39 is 0 Å². The Hall–Kier alpha value is -0.710. The number of hydrogen-bond donors (Lipinski definition) is 1. The fraction of sp³-hybridized carbons (Fsp3) is 0.800. The lowest BCUT2D eigenvalue weighted by atomic mass is 10.1. The summed E-state index contributed by atoms with van der Waals surface area (Å²) in [5.74, 6) is 1.66. The number of amidine groups is 1. The number of nitrogens with one attached hydrogen (secondary N) is 1. The number of thioether (sulfide) groups is 1. The lowest BCUT2D eigenvalue weighted by Crippen LogP contribution is -2.41. The molecule has 2 fully saturated rings. The van der Waals surface area contributed by atoms with Crippen molar-refractivity contribution in [1.29, 1.82) is 0 Å². The summed E-state index contributed by atoms with van der Waals surface area (Å²) in [6.45, 7) is 0.128. The maximum absolute atomic E-state index is 10.9. The van der Waals surface area contributed by atoms with Crippen molar-refractivity contribution in [2.75, 3.05) is 19.4 Å². The summed E-state index contributed by atoms with van der Waals surface area (Å²) in [6, 6.07) is 0.586. The van der Waals surface area contributed by atoms with Crippen LogP contribution in [0, 0.1) is 5.92 Å². The summed E-state index contributed by atoms with van der Waals surface area (Å²) in [4.78, 5) is 15.1. The van der Waals surface area contributed by atoms with Gasteiger partial charge in [0.2, 0.25) is 0 Å². The first kappa shape index (κ1) is 10.8. The highest BCUT2D eigenvalue weighted by atomic mass is 32.2. The summed E-state index contributed by atoms with van der Waals surface area (Å²) >= 11 is 1.72. The molecule has 0 radical (unpaired) electrons. The smallest absolute Gasteiger partial charge is 0.327 e. The second-order valence-corrected chi connectivity index (χ2v) is 4.96. The average molecular weight is 228 g/mol. The van der Waals surface area contributed by atoms with Gasteiger partial charge in [0, 0.05) is 11.8 Å². The van der Waals surface area contributed by atoms with Crippen molar-refractivity contribution < 1.29 is 9.53 Å². The molecule has 2 unspecified atom stereocenters. The van der Waals surface area contributed by atoms with Crippen LogP contribution in [0.5, 0.6) is 0 Å². The summed E-state index contributed by atoms with van der Waals surface area (Å²) < 4.78 is 4.54. The van der Waals surface area contributed by atoms with Crippen LogP contribution < -0.4 is 5.32 Å². The van der Waals surface area contributed by atoms with Gasteiger partial charge in [-0.25, -0.2) is 0 Å². The molecule has 84 valence electrons. The number of carbonyl (C=O) groups is 1. The summed E-state index contributed by atoms with van der Waals surface area (Å²) in [7, 11) is 1.39. The van der Waals surface area contributed by atoms with Gasteiger partial charge >= 0.3 is 5.97 Å². The van der Waals surface area contributed by atoms with Crippen LogP contribution in [0.2, 0.25) is 0 Å². The van der Waals surface area contributed by atoms with E-state index in [2.05, 4.69) is 15.0 Å². The van der Waals surface area contributed by atoms with Crippen LogP contribution in [-0.4, -0.2) is 36.6 Å². The molecule has 1 aliphatic heterocycles. The van der Waals surface area contributed by atoms with E-state index in [1.165, 1.54) is 26.4 Å². The molecule has 1 N–H and O–H groups in total. The highest BCUT2D eigenvalue weighted by molar-refractivity contribution is 8.13. The average Bonchev–Trinajstić information content (AvgIpc) is 2.72.